The maximum absolute atomic E-state index is 6.00. The first-order chi connectivity index (χ1) is 2.41. The second-order valence-corrected chi connectivity index (χ2v) is 0.394. The van der Waals surface area contributed by atoms with Crippen molar-refractivity contribution in [2.45, 2.75) is 0 Å². The molecule has 0 heterocycles. The summed E-state index contributed by atoms with van der Waals surface area (Å²) in [6.07, 6.45) is 0.944. The molecular formula is CH4N4Na. The van der Waals surface area contributed by atoms with E-state index in [2.05, 4.69) is 16.1 Å². The Morgan fingerprint density at radius 3 is 2.17 bits per heavy atom. The Hall–Kier alpha value is 0.0700. The maximum atomic E-state index is 6.00. The van der Waals surface area contributed by atoms with Crippen molar-refractivity contribution < 1.29 is 0 Å². The largest absolute Gasteiger partial charge is 0.322 e. The first kappa shape index (κ1) is 9.42. The van der Waals surface area contributed by atoms with Crippen LogP contribution < -0.4 is 5.84 Å². The summed E-state index contributed by atoms with van der Waals surface area (Å²) in [5, 5.41) is 5.56. The molecule has 0 unspecified atom stereocenters. The fourth-order valence-electron chi connectivity index (χ4n) is 0.0333. The molecule has 0 bridgehead atoms. The zero-order valence-corrected chi connectivity index (χ0v) is 5.55. The minimum Gasteiger partial charge on any atom is -0.322 e. The monoisotopic (exact) mass is 95.0 g/mol. The third-order valence-electron chi connectivity index (χ3n) is 0.124. The third-order valence-corrected chi connectivity index (χ3v) is 0.124. The molecular weight excluding hydrogens is 91.0 g/mol. The van der Waals surface area contributed by atoms with Crippen LogP contribution in [0.5, 0.6) is 0 Å². The molecule has 0 aliphatic heterocycles. The molecule has 3 N–H and O–H groups in total. The number of nitrogens with zero attached hydrogens (tertiary/aromatic N) is 2. The molecule has 5 heteroatoms. The molecule has 4 nitrogen and oxygen atoms in total. The van der Waals surface area contributed by atoms with Crippen LogP contribution in [0.4, 0.5) is 0 Å². The van der Waals surface area contributed by atoms with Crippen LogP contribution in [-0.4, -0.2) is 35.9 Å². The second-order valence-electron chi connectivity index (χ2n) is 0.394. The summed E-state index contributed by atoms with van der Waals surface area (Å²) in [7, 11) is 0. The standard InChI is InChI=1S/CH4N4.Na/c2-4-1-5-3;/h1-2H,3H2;. The molecule has 29 valence electrons. The number of hydrogen-bond donors (Lipinski definition) is 2. The quantitative estimate of drug-likeness (QED) is 0.113. The topological polar surface area (TPSA) is 74.6 Å². The molecule has 0 aromatic heterocycles. The van der Waals surface area contributed by atoms with Crippen molar-refractivity contribution in [2.75, 3.05) is 0 Å². The van der Waals surface area contributed by atoms with Crippen LogP contribution in [0, 0.1) is 5.53 Å². The molecule has 0 spiro atoms. The summed E-state index contributed by atoms with van der Waals surface area (Å²) in [6, 6.07) is 0. The molecule has 0 amide bonds. The van der Waals surface area contributed by atoms with E-state index in [4.69, 9.17) is 5.53 Å². The van der Waals surface area contributed by atoms with E-state index in [0.29, 0.717) is 0 Å². The first-order valence-electron chi connectivity index (χ1n) is 0.998. The summed E-state index contributed by atoms with van der Waals surface area (Å²) in [5.74, 6) is 4.49. The Morgan fingerprint density at radius 2 is 2.17 bits per heavy atom. The summed E-state index contributed by atoms with van der Waals surface area (Å²) >= 11 is 0. The van der Waals surface area contributed by atoms with Gasteiger partial charge in [0.2, 0.25) is 0 Å². The van der Waals surface area contributed by atoms with E-state index in [1.54, 1.807) is 0 Å². The normalized spacial score (nSPS) is 7.33. The minimum absolute atomic E-state index is 0. The molecule has 0 saturated heterocycles. The van der Waals surface area contributed by atoms with Crippen LogP contribution in [0.1, 0.15) is 0 Å². The Bertz CT molecular complexity index is 49.5. The van der Waals surface area contributed by atoms with Gasteiger partial charge in [0, 0.05) is 29.6 Å². The minimum atomic E-state index is 0. The van der Waals surface area contributed by atoms with Gasteiger partial charge in [-0.2, -0.15) is 5.10 Å². The van der Waals surface area contributed by atoms with Gasteiger partial charge in [-0.15, -0.1) is 5.11 Å². The van der Waals surface area contributed by atoms with Crippen molar-refractivity contribution in [3.05, 3.63) is 0 Å². The fourth-order valence-corrected chi connectivity index (χ4v) is 0.0333. The number of nitrogens with two attached hydrogens (primary N) is 1. The van der Waals surface area contributed by atoms with Crippen molar-refractivity contribution in [1.29, 1.82) is 5.53 Å². The number of hydrogen-bond acceptors (Lipinski definition) is 3. The van der Waals surface area contributed by atoms with Gasteiger partial charge in [0.25, 0.3) is 0 Å². The van der Waals surface area contributed by atoms with Crippen LogP contribution in [0.2, 0.25) is 0 Å². The van der Waals surface area contributed by atoms with Gasteiger partial charge in [0.1, 0.15) is 0 Å². The Balaban J connectivity index is 0. The molecule has 0 saturated carbocycles. The van der Waals surface area contributed by atoms with Crippen LogP contribution in [0.15, 0.2) is 10.2 Å². The number of rotatable bonds is 1. The predicted molar refractivity (Wildman–Crippen MR) is 23.6 cm³/mol. The Morgan fingerprint density at radius 1 is 1.67 bits per heavy atom. The number of hydrazone groups is 1. The Kier molecular flexibility index (Phi) is 14.0. The summed E-state index contributed by atoms with van der Waals surface area (Å²) in [4.78, 5) is 0. The van der Waals surface area contributed by atoms with Gasteiger partial charge in [0.05, 0.1) is 0 Å². The van der Waals surface area contributed by atoms with Gasteiger partial charge in [-0.25, -0.2) is 5.53 Å². The predicted octanol–water partition coefficient (Wildman–Crippen LogP) is -0.461. The van der Waals surface area contributed by atoms with E-state index in [0.717, 1.165) is 6.34 Å². The van der Waals surface area contributed by atoms with E-state index in [-0.39, 0.29) is 29.6 Å². The van der Waals surface area contributed by atoms with Crippen LogP contribution >= 0.6 is 0 Å². The van der Waals surface area contributed by atoms with Gasteiger partial charge < -0.3 is 5.84 Å². The number of nitrogens with one attached hydrogen (secondary N) is 1. The molecule has 0 aromatic carbocycles. The smallest absolute Gasteiger partial charge is 0.156 e. The molecule has 0 aliphatic rings. The van der Waals surface area contributed by atoms with Gasteiger partial charge in [0.15, 0.2) is 6.34 Å². The fraction of sp³-hybridized carbons (Fsp3) is 0. The summed E-state index contributed by atoms with van der Waals surface area (Å²) in [5.41, 5.74) is 6.00. The molecule has 0 aromatic rings. The van der Waals surface area contributed by atoms with E-state index >= 15 is 0 Å². The van der Waals surface area contributed by atoms with Crippen molar-refractivity contribution in [3.8, 4) is 0 Å². The van der Waals surface area contributed by atoms with Crippen molar-refractivity contribution >= 4 is 35.9 Å². The van der Waals surface area contributed by atoms with Gasteiger partial charge in [-0.3, -0.25) is 0 Å². The second kappa shape index (κ2) is 8.91. The van der Waals surface area contributed by atoms with Gasteiger partial charge >= 0.3 is 0 Å². The van der Waals surface area contributed by atoms with Crippen LogP contribution in [0.25, 0.3) is 0 Å². The molecule has 0 fully saturated rings. The SMILES string of the molecule is N=NC=NN.[Na]. The zero-order valence-electron chi connectivity index (χ0n) is 3.55. The molecule has 1 radical (unpaired) electrons. The zero-order chi connectivity index (χ0) is 4.12. The van der Waals surface area contributed by atoms with Crippen molar-refractivity contribution in [3.63, 3.8) is 0 Å². The van der Waals surface area contributed by atoms with E-state index in [1.807, 2.05) is 0 Å². The van der Waals surface area contributed by atoms with E-state index in [9.17, 15) is 0 Å². The average Bonchev–Trinajstić information content (AvgIpc) is 1.41. The third kappa shape index (κ3) is 8.95. The molecule has 6 heavy (non-hydrogen) atoms. The Labute approximate surface area is 57.6 Å². The molecule has 0 rings (SSSR count). The van der Waals surface area contributed by atoms with Crippen LogP contribution in [-0.2, 0) is 0 Å². The van der Waals surface area contributed by atoms with Crippen molar-refractivity contribution in [1.82, 2.24) is 0 Å². The van der Waals surface area contributed by atoms with Gasteiger partial charge in [-0.1, -0.05) is 0 Å². The van der Waals surface area contributed by atoms with Gasteiger partial charge in [-0.05, 0) is 0 Å². The maximum Gasteiger partial charge on any atom is 0.156 e. The first-order valence-corrected chi connectivity index (χ1v) is 0.998. The summed E-state index contributed by atoms with van der Waals surface area (Å²) < 4.78 is 0. The molecule has 0 atom stereocenters. The summed E-state index contributed by atoms with van der Waals surface area (Å²) in [6.45, 7) is 0. The van der Waals surface area contributed by atoms with E-state index in [1.165, 1.54) is 0 Å². The average molecular weight is 95.1 g/mol. The van der Waals surface area contributed by atoms with Crippen molar-refractivity contribution in [2.24, 2.45) is 16.1 Å². The van der Waals surface area contributed by atoms with Crippen LogP contribution in [0.3, 0.4) is 0 Å². The van der Waals surface area contributed by atoms with E-state index < -0.39 is 0 Å². The molecule has 0 aliphatic carbocycles.